The molecule has 6 nitrogen and oxygen atoms in total. The average molecular weight is 254 g/mol. The summed E-state index contributed by atoms with van der Waals surface area (Å²) in [5, 5.41) is 10.5. The molecule has 0 aliphatic carbocycles. The van der Waals surface area contributed by atoms with E-state index in [9.17, 15) is 4.79 Å². The first-order valence-corrected chi connectivity index (χ1v) is 5.78. The molecule has 1 fully saturated rings. The van der Waals surface area contributed by atoms with E-state index in [0.717, 1.165) is 13.0 Å². The molecule has 0 spiro atoms. The third-order valence-corrected chi connectivity index (χ3v) is 2.98. The van der Waals surface area contributed by atoms with Gasteiger partial charge in [-0.25, -0.2) is 5.01 Å². The number of rotatable bonds is 1. The van der Waals surface area contributed by atoms with Gasteiger partial charge in [0.05, 0.1) is 0 Å². The van der Waals surface area contributed by atoms with Gasteiger partial charge in [-0.2, -0.15) is 0 Å². The summed E-state index contributed by atoms with van der Waals surface area (Å²) in [7, 11) is 1.74. The Labute approximate surface area is 105 Å². The van der Waals surface area contributed by atoms with Crippen molar-refractivity contribution in [2.24, 2.45) is 0 Å². The van der Waals surface area contributed by atoms with Crippen LogP contribution in [0.25, 0.3) is 0 Å². The van der Waals surface area contributed by atoms with Crippen LogP contribution >= 0.6 is 12.2 Å². The number of hydrazine groups is 1. The standard InChI is InChI=1S/C10H14N4O2S/c1-7-6-8(12-16-7)9(15)13-4-3-5-14(13)10(17)11-2/h6H,3-5H2,1-2H3,(H,11,17). The first-order valence-electron chi connectivity index (χ1n) is 5.38. The van der Waals surface area contributed by atoms with Gasteiger partial charge in [-0.05, 0) is 25.6 Å². The Morgan fingerprint density at radius 3 is 2.82 bits per heavy atom. The van der Waals surface area contributed by atoms with Crippen LogP contribution in [0.2, 0.25) is 0 Å². The minimum Gasteiger partial charge on any atom is -0.364 e. The molecule has 0 unspecified atom stereocenters. The Balaban J connectivity index is 2.16. The summed E-state index contributed by atoms with van der Waals surface area (Å²) in [6, 6.07) is 1.63. The van der Waals surface area contributed by atoms with E-state index < -0.39 is 0 Å². The monoisotopic (exact) mass is 254 g/mol. The van der Waals surface area contributed by atoms with Crippen molar-refractivity contribution in [3.05, 3.63) is 17.5 Å². The third kappa shape index (κ3) is 2.23. The van der Waals surface area contributed by atoms with Crippen LogP contribution in [0.5, 0.6) is 0 Å². The molecule has 92 valence electrons. The molecular weight excluding hydrogens is 240 g/mol. The molecule has 1 amide bonds. The van der Waals surface area contributed by atoms with E-state index in [1.165, 1.54) is 0 Å². The molecule has 1 aliphatic heterocycles. The number of nitrogens with one attached hydrogen (secondary N) is 1. The van der Waals surface area contributed by atoms with Gasteiger partial charge in [0, 0.05) is 26.2 Å². The van der Waals surface area contributed by atoms with Gasteiger partial charge in [-0.1, -0.05) is 5.16 Å². The van der Waals surface area contributed by atoms with Crippen molar-refractivity contribution in [3.8, 4) is 0 Å². The van der Waals surface area contributed by atoms with E-state index in [1.54, 1.807) is 30.1 Å². The first kappa shape index (κ1) is 11.8. The second kappa shape index (κ2) is 4.70. The molecule has 1 N–H and O–H groups in total. The molecule has 7 heteroatoms. The minimum atomic E-state index is -0.183. The van der Waals surface area contributed by atoms with Crippen molar-refractivity contribution < 1.29 is 9.32 Å². The number of thiocarbonyl (C=S) groups is 1. The number of hydrogen-bond acceptors (Lipinski definition) is 4. The van der Waals surface area contributed by atoms with E-state index in [4.69, 9.17) is 16.7 Å². The summed E-state index contributed by atoms with van der Waals surface area (Å²) in [4.78, 5) is 12.2. The molecule has 1 aromatic heterocycles. The minimum absolute atomic E-state index is 0.183. The van der Waals surface area contributed by atoms with Crippen LogP contribution in [0.4, 0.5) is 0 Å². The zero-order valence-electron chi connectivity index (χ0n) is 9.77. The van der Waals surface area contributed by atoms with Gasteiger partial charge >= 0.3 is 0 Å². The van der Waals surface area contributed by atoms with Gasteiger partial charge in [-0.3, -0.25) is 9.80 Å². The maximum atomic E-state index is 12.2. The molecule has 1 aromatic rings. The van der Waals surface area contributed by atoms with Crippen molar-refractivity contribution in [3.63, 3.8) is 0 Å². The number of amides is 1. The lowest BCUT2D eigenvalue weighted by Gasteiger charge is -2.28. The highest BCUT2D eigenvalue weighted by Gasteiger charge is 2.30. The van der Waals surface area contributed by atoms with Crippen LogP contribution in [0, 0.1) is 6.92 Å². The third-order valence-electron chi connectivity index (χ3n) is 2.56. The molecule has 0 radical (unpaired) electrons. The quantitative estimate of drug-likeness (QED) is 0.739. The lowest BCUT2D eigenvalue weighted by molar-refractivity contribution is 0.0482. The van der Waals surface area contributed by atoms with Crippen LogP contribution < -0.4 is 5.32 Å². The zero-order chi connectivity index (χ0) is 12.4. The molecule has 1 saturated heterocycles. The SMILES string of the molecule is CNC(=S)N1CCCN1C(=O)c1cc(C)on1. The maximum absolute atomic E-state index is 12.2. The second-order valence-electron chi connectivity index (χ2n) is 3.78. The Morgan fingerprint density at radius 2 is 2.24 bits per heavy atom. The molecule has 0 bridgehead atoms. The zero-order valence-corrected chi connectivity index (χ0v) is 10.6. The number of aryl methyl sites for hydroxylation is 1. The number of carbonyl (C=O) groups is 1. The van der Waals surface area contributed by atoms with Gasteiger partial charge in [0.2, 0.25) is 0 Å². The first-order chi connectivity index (χ1) is 8.13. The van der Waals surface area contributed by atoms with Crippen molar-refractivity contribution in [2.45, 2.75) is 13.3 Å². The highest BCUT2D eigenvalue weighted by molar-refractivity contribution is 7.80. The number of aromatic nitrogens is 1. The molecule has 0 atom stereocenters. The van der Waals surface area contributed by atoms with Crippen molar-refractivity contribution in [2.75, 3.05) is 20.1 Å². The highest BCUT2D eigenvalue weighted by atomic mass is 32.1. The van der Waals surface area contributed by atoms with Gasteiger partial charge in [0.25, 0.3) is 5.91 Å². The fraction of sp³-hybridized carbons (Fsp3) is 0.500. The summed E-state index contributed by atoms with van der Waals surface area (Å²) in [5.41, 5.74) is 0.313. The molecule has 0 saturated carbocycles. The molecule has 17 heavy (non-hydrogen) atoms. The molecule has 2 heterocycles. The Hall–Kier alpha value is -1.63. The van der Waals surface area contributed by atoms with Gasteiger partial charge < -0.3 is 9.84 Å². The van der Waals surface area contributed by atoms with E-state index in [0.29, 0.717) is 23.1 Å². The van der Waals surface area contributed by atoms with E-state index in [-0.39, 0.29) is 5.91 Å². The van der Waals surface area contributed by atoms with Crippen molar-refractivity contribution in [1.29, 1.82) is 0 Å². The summed E-state index contributed by atoms with van der Waals surface area (Å²) in [6.07, 6.45) is 0.893. The molecule has 0 aromatic carbocycles. The van der Waals surface area contributed by atoms with Crippen LogP contribution in [0.3, 0.4) is 0 Å². The predicted octanol–water partition coefficient (Wildman–Crippen LogP) is 0.550. The Bertz CT molecular complexity index is 445. The largest absolute Gasteiger partial charge is 0.364 e. The van der Waals surface area contributed by atoms with Crippen LogP contribution in [-0.4, -0.2) is 46.3 Å². The molecule has 2 rings (SSSR count). The maximum Gasteiger partial charge on any atom is 0.294 e. The average Bonchev–Trinajstić information content (AvgIpc) is 2.95. The lowest BCUT2D eigenvalue weighted by Crippen LogP contribution is -2.48. The number of nitrogens with zero attached hydrogens (tertiary/aromatic N) is 3. The van der Waals surface area contributed by atoms with Gasteiger partial charge in [0.15, 0.2) is 10.8 Å². The lowest BCUT2D eigenvalue weighted by atomic mass is 10.3. The number of hydrogen-bond donors (Lipinski definition) is 1. The van der Waals surface area contributed by atoms with E-state index >= 15 is 0 Å². The van der Waals surface area contributed by atoms with Crippen LogP contribution in [-0.2, 0) is 0 Å². The molecule has 1 aliphatic rings. The smallest absolute Gasteiger partial charge is 0.294 e. The topological polar surface area (TPSA) is 61.6 Å². The normalized spacial score (nSPS) is 15.2. The van der Waals surface area contributed by atoms with Crippen molar-refractivity contribution in [1.82, 2.24) is 20.5 Å². The van der Waals surface area contributed by atoms with E-state index in [1.807, 2.05) is 0 Å². The summed E-state index contributed by atoms with van der Waals surface area (Å²) < 4.78 is 4.90. The van der Waals surface area contributed by atoms with Gasteiger partial charge in [0.1, 0.15) is 5.76 Å². The summed E-state index contributed by atoms with van der Waals surface area (Å²) in [6.45, 7) is 3.14. The molecular formula is C10H14N4O2S. The van der Waals surface area contributed by atoms with Gasteiger partial charge in [-0.15, -0.1) is 0 Å². The highest BCUT2D eigenvalue weighted by Crippen LogP contribution is 2.15. The number of carbonyl (C=O) groups excluding carboxylic acids is 1. The van der Waals surface area contributed by atoms with Crippen LogP contribution in [0.1, 0.15) is 22.7 Å². The summed E-state index contributed by atoms with van der Waals surface area (Å²) in [5.74, 6) is 0.437. The predicted molar refractivity (Wildman–Crippen MR) is 65.3 cm³/mol. The van der Waals surface area contributed by atoms with Crippen molar-refractivity contribution >= 4 is 23.2 Å². The Kier molecular flexibility index (Phi) is 3.28. The Morgan fingerprint density at radius 1 is 1.53 bits per heavy atom. The van der Waals surface area contributed by atoms with Crippen LogP contribution in [0.15, 0.2) is 10.6 Å². The second-order valence-corrected chi connectivity index (χ2v) is 4.17. The fourth-order valence-corrected chi connectivity index (χ4v) is 1.95. The summed E-state index contributed by atoms with van der Waals surface area (Å²) >= 11 is 5.14. The fourth-order valence-electron chi connectivity index (χ4n) is 1.76. The van der Waals surface area contributed by atoms with E-state index in [2.05, 4.69) is 10.5 Å².